The molecule has 0 amide bonds. The minimum absolute atomic E-state index is 0.170. The standard InChI is InChI=1S/C11H15NO3/c1-4-7(2)12-6-9-5-10(11(13)14)8(3)15-9/h4-5,7,12H,1,6H2,2-3H3,(H,13,14). The zero-order chi connectivity index (χ0) is 11.4. The fourth-order valence-corrected chi connectivity index (χ4v) is 1.19. The van der Waals surface area contributed by atoms with Gasteiger partial charge in [-0.2, -0.15) is 0 Å². The van der Waals surface area contributed by atoms with Gasteiger partial charge in [0.1, 0.15) is 17.1 Å². The Morgan fingerprint density at radius 3 is 2.93 bits per heavy atom. The Balaban J connectivity index is 2.67. The van der Waals surface area contributed by atoms with Crippen molar-refractivity contribution in [1.82, 2.24) is 5.32 Å². The van der Waals surface area contributed by atoms with Crippen molar-refractivity contribution in [3.05, 3.63) is 35.8 Å². The second-order valence-electron chi connectivity index (χ2n) is 3.39. The van der Waals surface area contributed by atoms with Crippen LogP contribution in [0.2, 0.25) is 0 Å². The van der Waals surface area contributed by atoms with Crippen LogP contribution in [0.3, 0.4) is 0 Å². The molecule has 0 aromatic carbocycles. The van der Waals surface area contributed by atoms with Gasteiger partial charge in [0, 0.05) is 6.04 Å². The second kappa shape index (κ2) is 4.79. The van der Waals surface area contributed by atoms with E-state index in [2.05, 4.69) is 11.9 Å². The summed E-state index contributed by atoms with van der Waals surface area (Å²) in [5.74, 6) is 0.100. The summed E-state index contributed by atoms with van der Waals surface area (Å²) in [7, 11) is 0. The van der Waals surface area contributed by atoms with Crippen LogP contribution >= 0.6 is 0 Å². The molecule has 1 unspecified atom stereocenters. The Labute approximate surface area is 88.6 Å². The molecule has 0 bridgehead atoms. The van der Waals surface area contributed by atoms with Gasteiger partial charge in [-0.05, 0) is 19.9 Å². The molecule has 4 nitrogen and oxygen atoms in total. The van der Waals surface area contributed by atoms with Gasteiger partial charge >= 0.3 is 5.97 Å². The molecular weight excluding hydrogens is 194 g/mol. The van der Waals surface area contributed by atoms with Gasteiger partial charge < -0.3 is 14.8 Å². The number of hydrogen-bond acceptors (Lipinski definition) is 3. The van der Waals surface area contributed by atoms with Crippen molar-refractivity contribution in [3.8, 4) is 0 Å². The first-order valence-electron chi connectivity index (χ1n) is 4.73. The molecule has 1 rings (SSSR count). The lowest BCUT2D eigenvalue weighted by Crippen LogP contribution is -2.22. The van der Waals surface area contributed by atoms with Crippen molar-refractivity contribution in [3.63, 3.8) is 0 Å². The number of hydrogen-bond donors (Lipinski definition) is 2. The van der Waals surface area contributed by atoms with Gasteiger partial charge in [0.2, 0.25) is 0 Å². The molecule has 0 saturated heterocycles. The summed E-state index contributed by atoms with van der Waals surface area (Å²) in [6.45, 7) is 7.74. The second-order valence-corrected chi connectivity index (χ2v) is 3.39. The number of rotatable bonds is 5. The number of nitrogens with one attached hydrogen (secondary N) is 1. The van der Waals surface area contributed by atoms with Crippen LogP contribution < -0.4 is 5.32 Å². The van der Waals surface area contributed by atoms with E-state index >= 15 is 0 Å². The first kappa shape index (κ1) is 11.5. The summed E-state index contributed by atoms with van der Waals surface area (Å²) in [6.07, 6.45) is 1.77. The molecule has 2 N–H and O–H groups in total. The number of aromatic carboxylic acids is 1. The van der Waals surface area contributed by atoms with Crippen molar-refractivity contribution >= 4 is 5.97 Å². The monoisotopic (exact) mass is 209 g/mol. The number of aryl methyl sites for hydroxylation is 1. The topological polar surface area (TPSA) is 62.5 Å². The summed E-state index contributed by atoms with van der Waals surface area (Å²) in [4.78, 5) is 10.7. The van der Waals surface area contributed by atoms with E-state index < -0.39 is 5.97 Å². The molecule has 4 heteroatoms. The smallest absolute Gasteiger partial charge is 0.339 e. The maximum Gasteiger partial charge on any atom is 0.339 e. The molecule has 0 fully saturated rings. The van der Waals surface area contributed by atoms with Gasteiger partial charge in [-0.15, -0.1) is 6.58 Å². The molecule has 15 heavy (non-hydrogen) atoms. The van der Waals surface area contributed by atoms with Gasteiger partial charge in [0.15, 0.2) is 0 Å². The molecule has 0 saturated carbocycles. The summed E-state index contributed by atoms with van der Waals surface area (Å²) < 4.78 is 5.29. The van der Waals surface area contributed by atoms with Crippen molar-refractivity contribution in [2.75, 3.05) is 0 Å². The molecule has 0 aliphatic rings. The van der Waals surface area contributed by atoms with Crippen LogP contribution in [0.15, 0.2) is 23.1 Å². The Kier molecular flexibility index (Phi) is 3.68. The molecule has 1 aromatic rings. The number of furan rings is 1. The Morgan fingerprint density at radius 1 is 1.80 bits per heavy atom. The van der Waals surface area contributed by atoms with E-state index in [9.17, 15) is 4.79 Å². The van der Waals surface area contributed by atoms with E-state index in [4.69, 9.17) is 9.52 Å². The summed E-state index contributed by atoms with van der Waals surface area (Å²) >= 11 is 0. The molecule has 0 aliphatic carbocycles. The SMILES string of the molecule is C=CC(C)NCc1cc(C(=O)O)c(C)o1. The first-order chi connectivity index (χ1) is 7.04. The highest BCUT2D eigenvalue weighted by atomic mass is 16.4. The van der Waals surface area contributed by atoms with Crippen LogP contribution in [0.4, 0.5) is 0 Å². The minimum atomic E-state index is -0.959. The van der Waals surface area contributed by atoms with Crippen LogP contribution in [0.5, 0.6) is 0 Å². The van der Waals surface area contributed by atoms with E-state index in [0.29, 0.717) is 18.1 Å². The van der Waals surface area contributed by atoms with Gasteiger partial charge in [-0.1, -0.05) is 6.08 Å². The van der Waals surface area contributed by atoms with E-state index in [0.717, 1.165) is 0 Å². The highest BCUT2D eigenvalue weighted by Gasteiger charge is 2.13. The average molecular weight is 209 g/mol. The fraction of sp³-hybridized carbons (Fsp3) is 0.364. The lowest BCUT2D eigenvalue weighted by atomic mass is 10.2. The average Bonchev–Trinajstić information content (AvgIpc) is 2.56. The third-order valence-corrected chi connectivity index (χ3v) is 2.15. The molecule has 0 radical (unpaired) electrons. The summed E-state index contributed by atoms with van der Waals surface area (Å²) in [5.41, 5.74) is 0.220. The summed E-state index contributed by atoms with van der Waals surface area (Å²) in [6, 6.07) is 1.71. The number of carboxylic acids is 1. The van der Waals surface area contributed by atoms with Crippen LogP contribution in [-0.2, 0) is 6.54 Å². The summed E-state index contributed by atoms with van der Waals surface area (Å²) in [5, 5.41) is 11.9. The maximum absolute atomic E-state index is 10.7. The van der Waals surface area contributed by atoms with Gasteiger partial charge in [0.05, 0.1) is 6.54 Å². The normalized spacial score (nSPS) is 12.4. The lowest BCUT2D eigenvalue weighted by Gasteiger charge is -2.05. The minimum Gasteiger partial charge on any atom is -0.478 e. The molecule has 82 valence electrons. The van der Waals surface area contributed by atoms with Gasteiger partial charge in [-0.25, -0.2) is 4.79 Å². The molecular formula is C11H15NO3. The van der Waals surface area contributed by atoms with E-state index in [1.54, 1.807) is 19.1 Å². The van der Waals surface area contributed by atoms with Crippen molar-refractivity contribution in [2.45, 2.75) is 26.4 Å². The molecule has 0 spiro atoms. The van der Waals surface area contributed by atoms with Crippen molar-refractivity contribution in [2.24, 2.45) is 0 Å². The highest BCUT2D eigenvalue weighted by Crippen LogP contribution is 2.14. The lowest BCUT2D eigenvalue weighted by molar-refractivity contribution is 0.0695. The Hall–Kier alpha value is -1.55. The Morgan fingerprint density at radius 2 is 2.47 bits per heavy atom. The third-order valence-electron chi connectivity index (χ3n) is 2.15. The third kappa shape index (κ3) is 2.95. The van der Waals surface area contributed by atoms with Crippen LogP contribution in [0, 0.1) is 6.92 Å². The van der Waals surface area contributed by atoms with E-state index in [1.165, 1.54) is 0 Å². The van der Waals surface area contributed by atoms with Gasteiger partial charge in [0.25, 0.3) is 0 Å². The first-order valence-corrected chi connectivity index (χ1v) is 4.73. The van der Waals surface area contributed by atoms with Gasteiger partial charge in [-0.3, -0.25) is 0 Å². The zero-order valence-electron chi connectivity index (χ0n) is 8.91. The van der Waals surface area contributed by atoms with Crippen LogP contribution in [0.1, 0.15) is 28.8 Å². The van der Waals surface area contributed by atoms with Crippen molar-refractivity contribution in [1.29, 1.82) is 0 Å². The van der Waals surface area contributed by atoms with Crippen LogP contribution in [0.25, 0.3) is 0 Å². The number of carbonyl (C=O) groups is 1. The molecule has 0 aliphatic heterocycles. The fourth-order valence-electron chi connectivity index (χ4n) is 1.19. The predicted octanol–water partition coefficient (Wildman–Crippen LogP) is 1.95. The zero-order valence-corrected chi connectivity index (χ0v) is 8.91. The molecule has 1 heterocycles. The maximum atomic E-state index is 10.7. The Bertz CT molecular complexity index is 368. The quantitative estimate of drug-likeness (QED) is 0.727. The largest absolute Gasteiger partial charge is 0.478 e. The van der Waals surface area contributed by atoms with E-state index in [-0.39, 0.29) is 11.6 Å². The predicted molar refractivity (Wildman–Crippen MR) is 56.9 cm³/mol. The molecule has 1 atom stereocenters. The highest BCUT2D eigenvalue weighted by molar-refractivity contribution is 5.88. The van der Waals surface area contributed by atoms with E-state index in [1.807, 2.05) is 6.92 Å². The van der Waals surface area contributed by atoms with Crippen molar-refractivity contribution < 1.29 is 14.3 Å². The molecule has 1 aromatic heterocycles. The van der Waals surface area contributed by atoms with Crippen LogP contribution in [-0.4, -0.2) is 17.1 Å². The number of carboxylic acid groups (broad SMARTS) is 1.